The second-order valence-corrected chi connectivity index (χ2v) is 7.11. The topological polar surface area (TPSA) is 37.6 Å². The molecule has 0 radical (unpaired) electrons. The van der Waals surface area contributed by atoms with E-state index in [4.69, 9.17) is 0 Å². The van der Waals surface area contributed by atoms with Gasteiger partial charge in [-0.05, 0) is 37.8 Å². The van der Waals surface area contributed by atoms with E-state index in [-0.39, 0.29) is 11.2 Å². The third kappa shape index (κ3) is 3.07. The first-order chi connectivity index (χ1) is 10.1. The first kappa shape index (κ1) is 14.4. The van der Waals surface area contributed by atoms with Crippen LogP contribution in [0.25, 0.3) is 5.52 Å². The molecule has 4 nitrogen and oxygen atoms in total. The number of likely N-dealkylation sites (tertiary alicyclic amines) is 1. The number of hydrogen-bond acceptors (Lipinski definition) is 3. The summed E-state index contributed by atoms with van der Waals surface area (Å²) < 4.78 is 2.03. The van der Waals surface area contributed by atoms with Gasteiger partial charge in [0.05, 0.1) is 17.0 Å². The van der Waals surface area contributed by atoms with E-state index in [2.05, 4.69) is 11.9 Å². The Kier molecular flexibility index (Phi) is 4.19. The van der Waals surface area contributed by atoms with Crippen molar-refractivity contribution in [3.05, 3.63) is 30.6 Å². The number of carbonyl (C=O) groups excluding carboxylic acids is 1. The highest BCUT2D eigenvalue weighted by Crippen LogP contribution is 2.26. The molecule has 1 saturated heterocycles. The molecule has 1 aliphatic rings. The first-order valence-electron chi connectivity index (χ1n) is 7.52. The van der Waals surface area contributed by atoms with Crippen molar-refractivity contribution >= 4 is 23.2 Å². The van der Waals surface area contributed by atoms with Crippen molar-refractivity contribution in [1.82, 2.24) is 14.3 Å². The van der Waals surface area contributed by atoms with Crippen LogP contribution in [-0.4, -0.2) is 38.5 Å². The van der Waals surface area contributed by atoms with E-state index in [9.17, 15) is 4.79 Å². The summed E-state index contributed by atoms with van der Waals surface area (Å²) in [4.78, 5) is 19.0. The molecule has 0 spiro atoms. The molecule has 0 N–H and O–H groups in total. The number of rotatable bonds is 3. The zero-order valence-electron chi connectivity index (χ0n) is 12.5. The minimum Gasteiger partial charge on any atom is -0.342 e. The van der Waals surface area contributed by atoms with Crippen LogP contribution in [0.3, 0.4) is 0 Å². The Labute approximate surface area is 129 Å². The average molecular weight is 303 g/mol. The quantitative estimate of drug-likeness (QED) is 0.818. The zero-order chi connectivity index (χ0) is 14.8. The normalized spacial score (nSPS) is 18.1. The smallest absolute Gasteiger partial charge is 0.235 e. The summed E-state index contributed by atoms with van der Waals surface area (Å²) in [6.07, 6.45) is 6.08. The molecule has 1 unspecified atom stereocenters. The fraction of sp³-hybridized carbons (Fsp3) is 0.500. The number of piperidine rings is 1. The standard InChI is InChI=1S/C16H21N3OS/c1-12-6-9-18(10-7-12)15(20)13(2)21-16-17-11-14-5-3-4-8-19(14)16/h3-5,8,11-13H,6-7,9-10H2,1-2H3. The molecule has 0 aliphatic carbocycles. The summed E-state index contributed by atoms with van der Waals surface area (Å²) in [6.45, 7) is 6.03. The second kappa shape index (κ2) is 6.10. The summed E-state index contributed by atoms with van der Waals surface area (Å²) in [5.74, 6) is 0.979. The Bertz CT molecular complexity index is 631. The second-order valence-electron chi connectivity index (χ2n) is 5.80. The molecule has 112 valence electrons. The van der Waals surface area contributed by atoms with Crippen LogP contribution in [0.2, 0.25) is 0 Å². The molecule has 2 aromatic heterocycles. The van der Waals surface area contributed by atoms with E-state index >= 15 is 0 Å². The van der Waals surface area contributed by atoms with Gasteiger partial charge in [-0.2, -0.15) is 0 Å². The Morgan fingerprint density at radius 3 is 2.90 bits per heavy atom. The molecule has 0 aromatic carbocycles. The SMILES string of the molecule is CC1CCN(C(=O)C(C)Sc2ncc3ccccn23)CC1. The fourth-order valence-corrected chi connectivity index (χ4v) is 3.66. The molecule has 1 amide bonds. The van der Waals surface area contributed by atoms with Gasteiger partial charge in [0, 0.05) is 19.3 Å². The summed E-state index contributed by atoms with van der Waals surface area (Å²) in [5.41, 5.74) is 1.06. The number of carbonyl (C=O) groups is 1. The largest absolute Gasteiger partial charge is 0.342 e. The summed E-state index contributed by atoms with van der Waals surface area (Å²) in [6, 6.07) is 6.00. The van der Waals surface area contributed by atoms with E-state index in [0.29, 0.717) is 0 Å². The summed E-state index contributed by atoms with van der Waals surface area (Å²) >= 11 is 1.54. The number of aromatic nitrogens is 2. The van der Waals surface area contributed by atoms with Gasteiger partial charge >= 0.3 is 0 Å². The number of nitrogens with zero attached hydrogens (tertiary/aromatic N) is 3. The Morgan fingerprint density at radius 2 is 2.14 bits per heavy atom. The van der Waals surface area contributed by atoms with Gasteiger partial charge in [-0.3, -0.25) is 9.20 Å². The molecular weight excluding hydrogens is 282 g/mol. The van der Waals surface area contributed by atoms with Gasteiger partial charge in [-0.15, -0.1) is 0 Å². The Morgan fingerprint density at radius 1 is 1.38 bits per heavy atom. The van der Waals surface area contributed by atoms with Crippen LogP contribution in [0.4, 0.5) is 0 Å². The van der Waals surface area contributed by atoms with Crippen molar-refractivity contribution in [2.45, 2.75) is 37.1 Å². The Hall–Kier alpha value is -1.49. The number of imidazole rings is 1. The van der Waals surface area contributed by atoms with Gasteiger partial charge in [0.2, 0.25) is 5.91 Å². The fourth-order valence-electron chi connectivity index (χ4n) is 2.70. The van der Waals surface area contributed by atoms with E-state index in [1.807, 2.05) is 46.8 Å². The minimum absolute atomic E-state index is 0.0933. The van der Waals surface area contributed by atoms with E-state index < -0.39 is 0 Å². The van der Waals surface area contributed by atoms with Crippen molar-refractivity contribution in [3.63, 3.8) is 0 Å². The van der Waals surface area contributed by atoms with E-state index in [1.54, 1.807) is 11.8 Å². The lowest BCUT2D eigenvalue weighted by atomic mass is 9.99. The summed E-state index contributed by atoms with van der Waals surface area (Å²) in [5, 5.41) is 0.793. The van der Waals surface area contributed by atoms with Crippen LogP contribution >= 0.6 is 11.8 Å². The maximum absolute atomic E-state index is 12.5. The molecule has 3 heterocycles. The molecule has 1 atom stereocenters. The minimum atomic E-state index is -0.0933. The predicted octanol–water partition coefficient (Wildman–Crippen LogP) is 3.07. The summed E-state index contributed by atoms with van der Waals surface area (Å²) in [7, 11) is 0. The van der Waals surface area contributed by atoms with E-state index in [1.165, 1.54) is 0 Å². The highest BCUT2D eigenvalue weighted by Gasteiger charge is 2.25. The third-order valence-electron chi connectivity index (χ3n) is 4.13. The van der Waals surface area contributed by atoms with Crippen molar-refractivity contribution in [2.75, 3.05) is 13.1 Å². The number of hydrogen-bond donors (Lipinski definition) is 0. The molecule has 1 aliphatic heterocycles. The van der Waals surface area contributed by atoms with Crippen LogP contribution in [0.1, 0.15) is 26.7 Å². The van der Waals surface area contributed by atoms with Crippen molar-refractivity contribution < 1.29 is 4.79 Å². The maximum Gasteiger partial charge on any atom is 0.235 e. The van der Waals surface area contributed by atoms with Gasteiger partial charge in [0.15, 0.2) is 5.16 Å². The van der Waals surface area contributed by atoms with Crippen LogP contribution < -0.4 is 0 Å². The molecule has 2 aromatic rings. The molecule has 0 saturated carbocycles. The van der Waals surface area contributed by atoms with Crippen LogP contribution in [0.5, 0.6) is 0 Å². The van der Waals surface area contributed by atoms with Gasteiger partial charge in [0.1, 0.15) is 0 Å². The highest BCUT2D eigenvalue weighted by molar-refractivity contribution is 8.00. The highest BCUT2D eigenvalue weighted by atomic mass is 32.2. The number of fused-ring (bicyclic) bond motifs is 1. The molecule has 21 heavy (non-hydrogen) atoms. The maximum atomic E-state index is 12.5. The van der Waals surface area contributed by atoms with Gasteiger partial charge in [-0.25, -0.2) is 4.98 Å². The van der Waals surface area contributed by atoms with Crippen LogP contribution in [0.15, 0.2) is 35.7 Å². The first-order valence-corrected chi connectivity index (χ1v) is 8.40. The van der Waals surface area contributed by atoms with Gasteiger partial charge in [0.25, 0.3) is 0 Å². The number of thioether (sulfide) groups is 1. The Balaban J connectivity index is 1.68. The van der Waals surface area contributed by atoms with Gasteiger partial charge < -0.3 is 4.90 Å². The monoisotopic (exact) mass is 303 g/mol. The zero-order valence-corrected chi connectivity index (χ0v) is 13.3. The third-order valence-corrected chi connectivity index (χ3v) is 5.20. The molecular formula is C16H21N3OS. The average Bonchev–Trinajstić information content (AvgIpc) is 2.91. The van der Waals surface area contributed by atoms with Crippen molar-refractivity contribution in [2.24, 2.45) is 5.92 Å². The molecule has 1 fully saturated rings. The number of amides is 1. The van der Waals surface area contributed by atoms with Crippen molar-refractivity contribution in [3.8, 4) is 0 Å². The van der Waals surface area contributed by atoms with E-state index in [0.717, 1.165) is 42.5 Å². The number of pyridine rings is 1. The molecule has 3 rings (SSSR count). The lowest BCUT2D eigenvalue weighted by Crippen LogP contribution is -2.41. The lowest BCUT2D eigenvalue weighted by Gasteiger charge is -2.31. The predicted molar refractivity (Wildman–Crippen MR) is 85.5 cm³/mol. The van der Waals surface area contributed by atoms with Gasteiger partial charge in [-0.1, -0.05) is 24.8 Å². The molecule has 5 heteroatoms. The van der Waals surface area contributed by atoms with Crippen LogP contribution in [-0.2, 0) is 4.79 Å². The lowest BCUT2D eigenvalue weighted by molar-refractivity contribution is -0.131. The van der Waals surface area contributed by atoms with Crippen molar-refractivity contribution in [1.29, 1.82) is 0 Å². The molecule has 0 bridgehead atoms. The van der Waals surface area contributed by atoms with Crippen LogP contribution in [0, 0.1) is 5.92 Å².